The molecule has 38 heavy (non-hydrogen) atoms. The number of alkyl halides is 17. The highest BCUT2D eigenvalue weighted by atomic mass is 32.2. The lowest BCUT2D eigenvalue weighted by atomic mass is 9.91. The third kappa shape index (κ3) is 5.30. The van der Waals surface area contributed by atoms with E-state index in [1.807, 2.05) is 0 Å². The fourth-order valence-electron chi connectivity index (χ4n) is 2.20. The quantitative estimate of drug-likeness (QED) is 0.298. The van der Waals surface area contributed by atoms with Gasteiger partial charge >= 0.3 is 52.9 Å². The van der Waals surface area contributed by atoms with Crippen LogP contribution in [0.2, 0.25) is 0 Å². The predicted octanol–water partition coefficient (Wildman–Crippen LogP) is 4.28. The van der Waals surface area contributed by atoms with E-state index in [4.69, 9.17) is 5.11 Å². The standard InChI is InChI=1S/C14H13F17N2O4S/c1-33(2)4-3-5(6(34)35)32-38(36,37)14(30,31)12(25,26)10(21,22)8(17,18)7(15,16)9(19,20)11(23,24)13(27,28)29/h5,32H,3-4H2,1-2H3,(H,34,35). The third-order valence-electron chi connectivity index (χ3n) is 4.49. The largest absolute Gasteiger partial charge is 0.480 e. The minimum atomic E-state index is -8.96. The van der Waals surface area contributed by atoms with Gasteiger partial charge in [-0.15, -0.1) is 0 Å². The number of sulfonamides is 1. The van der Waals surface area contributed by atoms with Crippen LogP contribution in [0.15, 0.2) is 0 Å². The van der Waals surface area contributed by atoms with Crippen molar-refractivity contribution in [3.05, 3.63) is 0 Å². The molecule has 0 saturated heterocycles. The van der Waals surface area contributed by atoms with E-state index in [1.54, 1.807) is 0 Å². The Hall–Kier alpha value is -1.85. The van der Waals surface area contributed by atoms with Crippen LogP contribution in [0.1, 0.15) is 6.42 Å². The molecule has 0 rings (SSSR count). The second-order valence-electron chi connectivity index (χ2n) is 7.56. The van der Waals surface area contributed by atoms with E-state index in [9.17, 15) is 87.8 Å². The van der Waals surface area contributed by atoms with Crippen molar-refractivity contribution in [3.8, 4) is 0 Å². The molecular formula is C14H13F17N2O4S. The summed E-state index contributed by atoms with van der Waals surface area (Å²) in [6.07, 6.45) is -9.06. The summed E-state index contributed by atoms with van der Waals surface area (Å²) in [6, 6.07) is -2.92. The number of halogens is 17. The van der Waals surface area contributed by atoms with Gasteiger partial charge in [0.05, 0.1) is 0 Å². The summed E-state index contributed by atoms with van der Waals surface area (Å²) in [4.78, 5) is 12.0. The van der Waals surface area contributed by atoms with Crippen molar-refractivity contribution in [3.63, 3.8) is 0 Å². The summed E-state index contributed by atoms with van der Waals surface area (Å²) in [6.45, 7) is -0.579. The fourth-order valence-corrected chi connectivity index (χ4v) is 3.41. The summed E-state index contributed by atoms with van der Waals surface area (Å²) in [5, 5.41) is 0.931. The van der Waals surface area contributed by atoms with Gasteiger partial charge in [0.25, 0.3) is 10.0 Å². The fraction of sp³-hybridized carbons (Fsp3) is 0.929. The molecule has 1 atom stereocenters. The lowest BCUT2D eigenvalue weighted by Gasteiger charge is -2.42. The molecule has 6 nitrogen and oxygen atoms in total. The van der Waals surface area contributed by atoms with Gasteiger partial charge in [0.1, 0.15) is 6.04 Å². The number of carbonyl (C=O) groups is 1. The van der Waals surface area contributed by atoms with Crippen LogP contribution in [0.4, 0.5) is 74.6 Å². The second-order valence-corrected chi connectivity index (χ2v) is 9.32. The average molecular weight is 628 g/mol. The molecule has 0 radical (unpaired) electrons. The average Bonchev–Trinajstić information content (AvgIpc) is 2.68. The normalized spacial score (nSPS) is 16.6. The molecule has 0 bridgehead atoms. The topological polar surface area (TPSA) is 86.7 Å². The van der Waals surface area contributed by atoms with Crippen molar-refractivity contribution in [2.45, 2.75) is 59.4 Å². The van der Waals surface area contributed by atoms with Crippen LogP contribution in [0.25, 0.3) is 0 Å². The Labute approximate surface area is 199 Å². The van der Waals surface area contributed by atoms with E-state index >= 15 is 0 Å². The molecule has 0 aromatic heterocycles. The summed E-state index contributed by atoms with van der Waals surface area (Å²) in [7, 11) is -5.42. The highest BCUT2D eigenvalue weighted by Gasteiger charge is 2.96. The molecule has 0 fully saturated rings. The maximum atomic E-state index is 14.0. The Kier molecular flexibility index (Phi) is 9.48. The third-order valence-corrected chi connectivity index (χ3v) is 6.02. The van der Waals surface area contributed by atoms with Crippen LogP contribution >= 0.6 is 0 Å². The Morgan fingerprint density at radius 2 is 1.00 bits per heavy atom. The number of carboxylic acids is 1. The number of aliphatic carboxylic acids is 1. The summed E-state index contributed by atoms with van der Waals surface area (Å²) < 4.78 is 248. The van der Waals surface area contributed by atoms with E-state index in [0.717, 1.165) is 19.0 Å². The first kappa shape index (κ1) is 36.1. The number of hydrogen-bond donors (Lipinski definition) is 2. The van der Waals surface area contributed by atoms with Crippen molar-refractivity contribution in [1.82, 2.24) is 9.62 Å². The highest BCUT2D eigenvalue weighted by Crippen LogP contribution is 2.64. The summed E-state index contributed by atoms with van der Waals surface area (Å²) in [5.41, 5.74) is 0. The van der Waals surface area contributed by atoms with Crippen LogP contribution in [0, 0.1) is 0 Å². The first-order valence-corrected chi connectivity index (χ1v) is 10.3. The summed E-state index contributed by atoms with van der Waals surface area (Å²) in [5.74, 6) is -54.8. The Morgan fingerprint density at radius 1 is 0.684 bits per heavy atom. The van der Waals surface area contributed by atoms with E-state index < -0.39 is 82.0 Å². The van der Waals surface area contributed by atoms with Gasteiger partial charge in [-0.1, -0.05) is 0 Å². The molecule has 1 unspecified atom stereocenters. The number of hydrogen-bond acceptors (Lipinski definition) is 4. The zero-order valence-electron chi connectivity index (χ0n) is 17.9. The molecule has 0 heterocycles. The van der Waals surface area contributed by atoms with Gasteiger partial charge < -0.3 is 10.0 Å². The smallest absolute Gasteiger partial charge is 0.460 e. The Balaban J connectivity index is 6.85. The van der Waals surface area contributed by atoms with Crippen molar-refractivity contribution in [2.24, 2.45) is 0 Å². The van der Waals surface area contributed by atoms with Crippen LogP contribution in [0.5, 0.6) is 0 Å². The second kappa shape index (κ2) is 9.96. The highest BCUT2D eigenvalue weighted by molar-refractivity contribution is 7.90. The van der Waals surface area contributed by atoms with Gasteiger partial charge in [0.15, 0.2) is 0 Å². The molecule has 0 aromatic rings. The number of nitrogens with zero attached hydrogens (tertiary/aromatic N) is 1. The lowest BCUT2D eigenvalue weighted by molar-refractivity contribution is -0.458. The molecule has 0 aromatic carbocycles. The van der Waals surface area contributed by atoms with Gasteiger partial charge in [0, 0.05) is 0 Å². The van der Waals surface area contributed by atoms with Crippen LogP contribution in [-0.2, 0) is 14.8 Å². The maximum Gasteiger partial charge on any atom is 0.460 e. The zero-order valence-corrected chi connectivity index (χ0v) is 18.8. The van der Waals surface area contributed by atoms with Gasteiger partial charge in [-0.2, -0.15) is 79.4 Å². The molecule has 24 heteroatoms. The van der Waals surface area contributed by atoms with Crippen molar-refractivity contribution >= 4 is 16.0 Å². The zero-order chi connectivity index (χ0) is 31.4. The monoisotopic (exact) mass is 628 g/mol. The molecule has 2 N–H and O–H groups in total. The van der Waals surface area contributed by atoms with Gasteiger partial charge in [-0.25, -0.2) is 8.42 Å². The van der Waals surface area contributed by atoms with Gasteiger partial charge in [-0.3, -0.25) is 4.79 Å². The van der Waals surface area contributed by atoms with Crippen LogP contribution < -0.4 is 4.72 Å². The van der Waals surface area contributed by atoms with E-state index in [0.29, 0.717) is 0 Å². The minimum Gasteiger partial charge on any atom is -0.480 e. The van der Waals surface area contributed by atoms with Crippen molar-refractivity contribution < 1.29 is 93.0 Å². The van der Waals surface area contributed by atoms with Gasteiger partial charge in [-0.05, 0) is 27.1 Å². The van der Waals surface area contributed by atoms with E-state index in [2.05, 4.69) is 0 Å². The van der Waals surface area contributed by atoms with E-state index in [-0.39, 0.29) is 4.72 Å². The molecule has 0 amide bonds. The maximum absolute atomic E-state index is 14.0. The predicted molar refractivity (Wildman–Crippen MR) is 87.3 cm³/mol. The van der Waals surface area contributed by atoms with E-state index in [1.165, 1.54) is 0 Å². The molecule has 0 spiro atoms. The first-order valence-electron chi connectivity index (χ1n) is 8.83. The Bertz CT molecular complexity index is 978. The Morgan fingerprint density at radius 3 is 1.29 bits per heavy atom. The van der Waals surface area contributed by atoms with Crippen LogP contribution in [0.3, 0.4) is 0 Å². The minimum absolute atomic E-state index is 0.165. The van der Waals surface area contributed by atoms with Gasteiger partial charge in [0.2, 0.25) is 0 Å². The van der Waals surface area contributed by atoms with Crippen LogP contribution in [-0.4, -0.2) is 98.0 Å². The van der Waals surface area contributed by atoms with Crippen molar-refractivity contribution in [1.29, 1.82) is 0 Å². The molecule has 0 aliphatic heterocycles. The lowest BCUT2D eigenvalue weighted by Crippen LogP contribution is -2.75. The molecule has 0 saturated carbocycles. The van der Waals surface area contributed by atoms with Crippen molar-refractivity contribution in [2.75, 3.05) is 20.6 Å². The SMILES string of the molecule is CN(C)CCC(NS(=O)(=O)C(F)(F)C(F)(F)C(F)(F)C(F)(F)C(F)(F)C(F)(F)C(F)(F)C(F)(F)F)C(=O)O. The molecular weight excluding hydrogens is 615 g/mol. The number of carboxylic acid groups (broad SMARTS) is 1. The first-order chi connectivity index (χ1) is 16.2. The molecule has 0 aliphatic carbocycles. The summed E-state index contributed by atoms with van der Waals surface area (Å²) >= 11 is 0. The number of nitrogens with one attached hydrogen (secondary N) is 1. The molecule has 228 valence electrons. The number of rotatable bonds is 13. The molecule has 0 aliphatic rings.